The van der Waals surface area contributed by atoms with Crippen LogP contribution in [0.25, 0.3) is 10.9 Å². The maximum atomic E-state index is 13.8. The molecule has 1 unspecified atom stereocenters. The summed E-state index contributed by atoms with van der Waals surface area (Å²) in [4.78, 5) is 23.3. The number of aromatic nitrogens is 1. The van der Waals surface area contributed by atoms with E-state index in [9.17, 15) is 26.7 Å². The van der Waals surface area contributed by atoms with Crippen molar-refractivity contribution in [1.29, 1.82) is 0 Å². The normalized spacial score (nSPS) is 22.3. The molecular weight excluding hydrogens is 648 g/mol. The minimum atomic E-state index is -4.50. The summed E-state index contributed by atoms with van der Waals surface area (Å²) in [6, 6.07) is 8.25. The van der Waals surface area contributed by atoms with E-state index >= 15 is 0 Å². The third kappa shape index (κ3) is 7.03. The Morgan fingerprint density at radius 3 is 2.67 bits per heavy atom. The first-order valence-corrected chi connectivity index (χ1v) is 15.4. The van der Waals surface area contributed by atoms with E-state index in [0.29, 0.717) is 34.4 Å². The third-order valence-electron chi connectivity index (χ3n) is 7.17. The van der Waals surface area contributed by atoms with Crippen LogP contribution in [-0.4, -0.2) is 80.6 Å². The van der Waals surface area contributed by atoms with Gasteiger partial charge >= 0.3 is 6.18 Å². The highest BCUT2D eigenvalue weighted by atomic mass is 127. The molecule has 3 aliphatic heterocycles. The zero-order valence-electron chi connectivity index (χ0n) is 21.5. The number of carbonyl (C=O) groups is 1. The molecule has 1 amide bonds. The zero-order valence-corrected chi connectivity index (χ0v) is 23.6. The molecule has 1 aromatic carbocycles. The van der Waals surface area contributed by atoms with Gasteiger partial charge in [-0.2, -0.15) is 13.2 Å². The molecular formula is C27H29F5IN5O2. The van der Waals surface area contributed by atoms with Crippen LogP contribution in [0.15, 0.2) is 47.1 Å². The maximum Gasteiger partial charge on any atom is 0.438 e. The van der Waals surface area contributed by atoms with Gasteiger partial charge < -0.3 is 15.4 Å². The fourth-order valence-corrected chi connectivity index (χ4v) is 6.86. The highest BCUT2D eigenvalue weighted by Gasteiger charge is 2.39. The van der Waals surface area contributed by atoms with Crippen molar-refractivity contribution in [2.24, 2.45) is 4.99 Å². The second-order valence-electron chi connectivity index (χ2n) is 9.97. The third-order valence-corrected chi connectivity index (χ3v) is 9.68. The van der Waals surface area contributed by atoms with E-state index in [1.54, 1.807) is 23.1 Å². The molecule has 13 heteroatoms. The van der Waals surface area contributed by atoms with Gasteiger partial charge in [-0.25, -0.2) is 18.8 Å². The molecule has 0 saturated carbocycles. The van der Waals surface area contributed by atoms with Crippen LogP contribution in [0.5, 0.6) is 0 Å². The topological polar surface area (TPSA) is 78.9 Å². The highest BCUT2D eigenvalue weighted by Crippen LogP contribution is 2.32. The van der Waals surface area contributed by atoms with Crippen molar-refractivity contribution >= 4 is 51.1 Å². The van der Waals surface area contributed by atoms with Gasteiger partial charge in [0.2, 0.25) is 0 Å². The van der Waals surface area contributed by atoms with Crippen molar-refractivity contribution in [2.45, 2.75) is 49.9 Å². The molecule has 2 N–H and O–H groups in total. The number of pyridine rings is 1. The van der Waals surface area contributed by atoms with E-state index in [2.05, 4.69) is 20.6 Å². The number of anilines is 1. The number of aliphatic imine (C=N–C) groups is 1. The number of ether oxygens (including phenoxy) is 1. The predicted octanol–water partition coefficient (Wildman–Crippen LogP) is 5.29. The van der Waals surface area contributed by atoms with Gasteiger partial charge in [0.1, 0.15) is 5.82 Å². The Labute approximate surface area is 238 Å². The van der Waals surface area contributed by atoms with Gasteiger partial charge in [-0.1, -0.05) is 26.8 Å². The molecule has 0 spiro atoms. The summed E-state index contributed by atoms with van der Waals surface area (Å²) in [5.41, 5.74) is 1.53. The van der Waals surface area contributed by atoms with E-state index in [-0.39, 0.29) is 44.5 Å². The lowest BCUT2D eigenvalue weighted by molar-refractivity contribution is -0.0600. The van der Waals surface area contributed by atoms with Crippen LogP contribution < -0.4 is 10.6 Å². The smallest absolute Gasteiger partial charge is 0.376 e. The number of hydrogen-bond donors (Lipinski definition) is 2. The number of amides is 1. The molecule has 0 bridgehead atoms. The Morgan fingerprint density at radius 2 is 2.00 bits per heavy atom. The summed E-state index contributed by atoms with van der Waals surface area (Å²) in [6.45, 7) is 1.57. The number of fused-ring (bicyclic) bond motifs is 1. The molecule has 2 fully saturated rings. The number of likely N-dealkylation sites (tertiary alicyclic amines) is 1. The molecule has 40 heavy (non-hydrogen) atoms. The van der Waals surface area contributed by atoms with Gasteiger partial charge in [0, 0.05) is 62.8 Å². The quantitative estimate of drug-likeness (QED) is 0.294. The highest BCUT2D eigenvalue weighted by molar-refractivity contribution is 14.2. The van der Waals surface area contributed by atoms with Crippen LogP contribution in [0.3, 0.4) is 0 Å². The lowest BCUT2D eigenvalue weighted by Crippen LogP contribution is -2.50. The van der Waals surface area contributed by atoms with Gasteiger partial charge in [0.25, 0.3) is 11.8 Å². The summed E-state index contributed by atoms with van der Waals surface area (Å²) in [6.07, 6.45) is -1.85. The van der Waals surface area contributed by atoms with Crippen molar-refractivity contribution < 1.29 is 31.5 Å². The summed E-state index contributed by atoms with van der Waals surface area (Å²) < 4.78 is 73.3. The SMILES string of the molecule is O=C(NCC(C1=CN=C(C(F)(F)F)I=C1)N1CCC(F)(F)CC1)c1cccc2nc(NC[C@@H]3CCCO3)ccc12. The first-order chi connectivity index (χ1) is 19.1. The van der Waals surface area contributed by atoms with Crippen molar-refractivity contribution in [2.75, 3.05) is 38.1 Å². The van der Waals surface area contributed by atoms with E-state index in [1.807, 2.05) is 12.1 Å². The molecule has 0 radical (unpaired) electrons. The first kappa shape index (κ1) is 29.0. The Bertz CT molecular complexity index is 1330. The molecule has 1 aromatic heterocycles. The Hall–Kier alpha value is -2.52. The molecule has 2 atom stereocenters. The van der Waals surface area contributed by atoms with Crippen LogP contribution in [-0.2, 0) is 4.74 Å². The Balaban J connectivity index is 1.31. The van der Waals surface area contributed by atoms with Crippen molar-refractivity contribution in [1.82, 2.24) is 15.2 Å². The number of rotatable bonds is 8. The molecule has 2 saturated heterocycles. The number of nitrogens with zero attached hydrogens (tertiary/aromatic N) is 3. The second-order valence-corrected chi connectivity index (χ2v) is 12.2. The lowest BCUT2D eigenvalue weighted by atomic mass is 10.0. The average molecular weight is 677 g/mol. The number of benzene rings is 1. The van der Waals surface area contributed by atoms with E-state index < -0.39 is 42.6 Å². The first-order valence-electron chi connectivity index (χ1n) is 13.1. The number of hydrogen-bond acceptors (Lipinski definition) is 6. The van der Waals surface area contributed by atoms with Crippen LogP contribution in [0.2, 0.25) is 0 Å². The average Bonchev–Trinajstić information content (AvgIpc) is 3.46. The molecule has 0 aliphatic carbocycles. The molecule has 4 heterocycles. The summed E-state index contributed by atoms with van der Waals surface area (Å²) in [5, 5.41) is 6.80. The second kappa shape index (κ2) is 12.1. The summed E-state index contributed by atoms with van der Waals surface area (Å²) >= 11 is -1.54. The van der Waals surface area contributed by atoms with Crippen LogP contribution >= 0.6 is 20.7 Å². The van der Waals surface area contributed by atoms with Gasteiger partial charge in [0.15, 0.2) is 3.72 Å². The predicted molar refractivity (Wildman–Crippen MR) is 153 cm³/mol. The Morgan fingerprint density at radius 1 is 1.20 bits per heavy atom. The van der Waals surface area contributed by atoms with Crippen LogP contribution in [0.4, 0.5) is 27.8 Å². The van der Waals surface area contributed by atoms with E-state index in [4.69, 9.17) is 4.74 Å². The van der Waals surface area contributed by atoms with Gasteiger partial charge in [-0.05, 0) is 46.7 Å². The van der Waals surface area contributed by atoms with Crippen molar-refractivity contribution in [3.05, 3.63) is 47.7 Å². The van der Waals surface area contributed by atoms with Gasteiger partial charge in [0.05, 0.1) is 17.7 Å². The lowest BCUT2D eigenvalue weighted by Gasteiger charge is -2.38. The van der Waals surface area contributed by atoms with Crippen LogP contribution in [0, 0.1) is 0 Å². The molecule has 7 nitrogen and oxygen atoms in total. The number of alkyl halides is 5. The fourth-order valence-electron chi connectivity index (χ4n) is 4.98. The molecule has 2 aromatic rings. The summed E-state index contributed by atoms with van der Waals surface area (Å²) in [7, 11) is 0. The van der Waals surface area contributed by atoms with Crippen molar-refractivity contribution in [3.63, 3.8) is 0 Å². The standard InChI is InChI=1S/C27H29F5IN5O2/c28-26(29)8-10-38(11-9-26)22(17-13-33-25(36-14-17)27(30,31)32)16-35-24(39)20-4-1-5-21-19(20)6-7-23(37-21)34-15-18-3-2-12-40-18/h1,4-7,13-14,18,22H,2-3,8-12,15-16H2,(H,34,37)(H,35,39)/t18-,22?/m0/s1. The maximum absolute atomic E-state index is 13.8. The monoisotopic (exact) mass is 677 g/mol. The minimum absolute atomic E-state index is 0.0399. The summed E-state index contributed by atoms with van der Waals surface area (Å²) in [5.74, 6) is -2.49. The van der Waals surface area contributed by atoms with Gasteiger partial charge in [-0.15, -0.1) is 0 Å². The number of piperidine rings is 1. The minimum Gasteiger partial charge on any atom is -0.376 e. The van der Waals surface area contributed by atoms with E-state index in [1.165, 1.54) is 4.01 Å². The van der Waals surface area contributed by atoms with Gasteiger partial charge in [-0.3, -0.25) is 9.69 Å². The number of halogens is 6. The number of carbonyl (C=O) groups excluding carboxylic acids is 1. The zero-order chi connectivity index (χ0) is 28.3. The largest absolute Gasteiger partial charge is 0.438 e. The Kier molecular flexibility index (Phi) is 8.80. The van der Waals surface area contributed by atoms with E-state index in [0.717, 1.165) is 25.6 Å². The molecule has 5 rings (SSSR count). The molecule has 216 valence electrons. The van der Waals surface area contributed by atoms with Crippen molar-refractivity contribution in [3.8, 4) is 0 Å². The number of nitrogens with one attached hydrogen (secondary N) is 2. The molecule has 3 aliphatic rings. The fraction of sp³-hybridized carbons (Fsp3) is 0.481. The van der Waals surface area contributed by atoms with Crippen LogP contribution in [0.1, 0.15) is 36.0 Å².